The number of rotatable bonds is 7. The van der Waals surface area contributed by atoms with Crippen LogP contribution in [0.5, 0.6) is 11.5 Å². The summed E-state index contributed by atoms with van der Waals surface area (Å²) in [6, 6.07) is 15.6. The number of ether oxygens (including phenoxy) is 2. The molecule has 1 heterocycles. The van der Waals surface area contributed by atoms with E-state index in [1.807, 2.05) is 48.5 Å². The fourth-order valence-corrected chi connectivity index (χ4v) is 2.91. The van der Waals surface area contributed by atoms with Crippen LogP contribution in [0.25, 0.3) is 11.0 Å². The minimum atomic E-state index is -0.997. The number of benzene rings is 2. The number of imidazole rings is 1. The zero-order valence-electron chi connectivity index (χ0n) is 14.9. The standard InChI is InChI=1S/C20H24N2O3/c1-20(2,23)19-21-15-9-4-5-10-16(15)22(19)13-8-14-25-18-12-7-6-11-17(18)24-3/h4-7,9-12,23H,8,13-14H2,1-3H3. The van der Waals surface area contributed by atoms with Crippen molar-refractivity contribution in [3.8, 4) is 11.5 Å². The number of methoxy groups -OCH3 is 1. The van der Waals surface area contributed by atoms with Crippen LogP contribution in [0.4, 0.5) is 0 Å². The van der Waals surface area contributed by atoms with Crippen molar-refractivity contribution in [2.24, 2.45) is 0 Å². The second kappa shape index (κ2) is 7.15. The van der Waals surface area contributed by atoms with E-state index < -0.39 is 5.60 Å². The normalized spacial score (nSPS) is 11.7. The van der Waals surface area contributed by atoms with E-state index in [2.05, 4.69) is 9.55 Å². The highest BCUT2D eigenvalue weighted by Gasteiger charge is 2.24. The minimum Gasteiger partial charge on any atom is -0.493 e. The molecule has 2 aromatic carbocycles. The monoisotopic (exact) mass is 340 g/mol. The molecule has 3 aromatic rings. The number of aromatic nitrogens is 2. The van der Waals surface area contributed by atoms with E-state index >= 15 is 0 Å². The maximum atomic E-state index is 10.4. The van der Waals surface area contributed by atoms with E-state index in [4.69, 9.17) is 9.47 Å². The third-order valence-electron chi connectivity index (χ3n) is 4.05. The number of hydrogen-bond donors (Lipinski definition) is 1. The number of nitrogens with zero attached hydrogens (tertiary/aromatic N) is 2. The molecule has 1 aromatic heterocycles. The maximum absolute atomic E-state index is 10.4. The molecule has 5 heteroatoms. The summed E-state index contributed by atoms with van der Waals surface area (Å²) in [5.41, 5.74) is 0.921. The summed E-state index contributed by atoms with van der Waals surface area (Å²) in [5.74, 6) is 2.14. The molecule has 0 aliphatic rings. The van der Waals surface area contributed by atoms with Crippen molar-refractivity contribution in [1.82, 2.24) is 9.55 Å². The van der Waals surface area contributed by atoms with Gasteiger partial charge in [-0.05, 0) is 44.5 Å². The van der Waals surface area contributed by atoms with Gasteiger partial charge in [-0.3, -0.25) is 0 Å². The zero-order chi connectivity index (χ0) is 17.9. The first-order chi connectivity index (χ1) is 12.0. The molecule has 0 unspecified atom stereocenters. The molecule has 0 atom stereocenters. The molecule has 1 N–H and O–H groups in total. The van der Waals surface area contributed by atoms with Crippen molar-refractivity contribution in [1.29, 1.82) is 0 Å². The van der Waals surface area contributed by atoms with Crippen molar-refractivity contribution in [3.63, 3.8) is 0 Å². The van der Waals surface area contributed by atoms with Crippen LogP contribution in [-0.4, -0.2) is 28.4 Å². The van der Waals surface area contributed by atoms with Gasteiger partial charge in [0.2, 0.25) is 0 Å². The van der Waals surface area contributed by atoms with E-state index in [9.17, 15) is 5.11 Å². The molecule has 0 aliphatic heterocycles. The van der Waals surface area contributed by atoms with Crippen molar-refractivity contribution in [2.45, 2.75) is 32.4 Å². The first-order valence-corrected chi connectivity index (χ1v) is 8.44. The summed E-state index contributed by atoms with van der Waals surface area (Å²) in [5, 5.41) is 10.4. The van der Waals surface area contributed by atoms with Gasteiger partial charge in [0.1, 0.15) is 11.4 Å². The summed E-state index contributed by atoms with van der Waals surface area (Å²) in [4.78, 5) is 4.60. The molecular formula is C20H24N2O3. The number of para-hydroxylation sites is 4. The quantitative estimate of drug-likeness (QED) is 0.666. The molecule has 0 amide bonds. The fourth-order valence-electron chi connectivity index (χ4n) is 2.91. The van der Waals surface area contributed by atoms with Gasteiger partial charge < -0.3 is 19.1 Å². The van der Waals surface area contributed by atoms with E-state index in [1.165, 1.54) is 0 Å². The molecule has 0 bridgehead atoms. The Bertz CT molecular complexity index is 850. The van der Waals surface area contributed by atoms with E-state index in [0.29, 0.717) is 12.4 Å². The van der Waals surface area contributed by atoms with Crippen LogP contribution >= 0.6 is 0 Å². The van der Waals surface area contributed by atoms with Crippen LogP contribution < -0.4 is 9.47 Å². The number of aliphatic hydroxyl groups is 1. The molecule has 0 saturated carbocycles. The molecule has 132 valence electrons. The molecule has 0 spiro atoms. The second-order valence-corrected chi connectivity index (χ2v) is 6.49. The van der Waals surface area contributed by atoms with Crippen molar-refractivity contribution >= 4 is 11.0 Å². The Morgan fingerprint density at radius 1 is 1.04 bits per heavy atom. The van der Waals surface area contributed by atoms with Crippen molar-refractivity contribution in [2.75, 3.05) is 13.7 Å². The fraction of sp³-hybridized carbons (Fsp3) is 0.350. The Labute approximate surface area is 147 Å². The third kappa shape index (κ3) is 3.77. The molecule has 3 rings (SSSR count). The highest BCUT2D eigenvalue weighted by molar-refractivity contribution is 5.76. The Balaban J connectivity index is 1.73. The summed E-state index contributed by atoms with van der Waals surface area (Å²) in [7, 11) is 1.63. The van der Waals surface area contributed by atoms with Crippen LogP contribution in [0.1, 0.15) is 26.1 Å². The summed E-state index contributed by atoms with van der Waals surface area (Å²) < 4.78 is 13.2. The topological polar surface area (TPSA) is 56.5 Å². The van der Waals surface area contributed by atoms with E-state index in [1.54, 1.807) is 21.0 Å². The highest BCUT2D eigenvalue weighted by atomic mass is 16.5. The maximum Gasteiger partial charge on any atom is 0.161 e. The van der Waals surface area contributed by atoms with Crippen molar-refractivity contribution in [3.05, 3.63) is 54.4 Å². The van der Waals surface area contributed by atoms with Crippen LogP contribution in [0.2, 0.25) is 0 Å². The van der Waals surface area contributed by atoms with Crippen molar-refractivity contribution < 1.29 is 14.6 Å². The second-order valence-electron chi connectivity index (χ2n) is 6.49. The lowest BCUT2D eigenvalue weighted by Crippen LogP contribution is -2.22. The Hall–Kier alpha value is -2.53. The molecule has 0 fully saturated rings. The smallest absolute Gasteiger partial charge is 0.161 e. The molecular weight excluding hydrogens is 316 g/mol. The zero-order valence-corrected chi connectivity index (χ0v) is 14.9. The van der Waals surface area contributed by atoms with Gasteiger partial charge in [-0.25, -0.2) is 4.98 Å². The van der Waals surface area contributed by atoms with E-state index in [0.717, 1.165) is 35.5 Å². The lowest BCUT2D eigenvalue weighted by Gasteiger charge is -2.19. The summed E-state index contributed by atoms with van der Waals surface area (Å²) in [6.45, 7) is 4.79. The molecule has 5 nitrogen and oxygen atoms in total. The van der Waals surface area contributed by atoms with Gasteiger partial charge in [-0.1, -0.05) is 24.3 Å². The van der Waals surface area contributed by atoms with Crippen LogP contribution in [0.3, 0.4) is 0 Å². The predicted octanol–water partition coefficient (Wildman–Crippen LogP) is 3.74. The summed E-state index contributed by atoms with van der Waals surface area (Å²) >= 11 is 0. The van der Waals surface area contributed by atoms with E-state index in [-0.39, 0.29) is 0 Å². The Morgan fingerprint density at radius 2 is 1.72 bits per heavy atom. The summed E-state index contributed by atoms with van der Waals surface area (Å²) in [6.07, 6.45) is 0.793. The van der Waals surface area contributed by atoms with Gasteiger partial charge in [0.25, 0.3) is 0 Å². The third-order valence-corrected chi connectivity index (χ3v) is 4.05. The van der Waals surface area contributed by atoms with Crippen LogP contribution in [0.15, 0.2) is 48.5 Å². The molecule has 0 aliphatic carbocycles. The van der Waals surface area contributed by atoms with Gasteiger partial charge in [0.05, 0.1) is 24.8 Å². The average molecular weight is 340 g/mol. The Morgan fingerprint density at radius 3 is 2.44 bits per heavy atom. The SMILES string of the molecule is COc1ccccc1OCCCn1c(C(C)(C)O)nc2ccccc21. The first-order valence-electron chi connectivity index (χ1n) is 8.44. The van der Waals surface area contributed by atoms with Gasteiger partial charge >= 0.3 is 0 Å². The number of hydrogen-bond acceptors (Lipinski definition) is 4. The molecule has 0 radical (unpaired) electrons. The highest BCUT2D eigenvalue weighted by Crippen LogP contribution is 2.27. The first kappa shape index (κ1) is 17.3. The minimum absolute atomic E-state index is 0.554. The molecule has 0 saturated heterocycles. The van der Waals surface area contributed by atoms with Gasteiger partial charge in [0.15, 0.2) is 11.5 Å². The van der Waals surface area contributed by atoms with Crippen LogP contribution in [-0.2, 0) is 12.1 Å². The largest absolute Gasteiger partial charge is 0.493 e. The lowest BCUT2D eigenvalue weighted by molar-refractivity contribution is 0.0649. The van der Waals surface area contributed by atoms with Gasteiger partial charge in [0, 0.05) is 6.54 Å². The van der Waals surface area contributed by atoms with Gasteiger partial charge in [-0.2, -0.15) is 0 Å². The average Bonchev–Trinajstić information content (AvgIpc) is 2.98. The molecule has 25 heavy (non-hydrogen) atoms. The predicted molar refractivity (Wildman–Crippen MR) is 98.1 cm³/mol. The van der Waals surface area contributed by atoms with Crippen LogP contribution in [0, 0.1) is 0 Å². The van der Waals surface area contributed by atoms with Gasteiger partial charge in [-0.15, -0.1) is 0 Å². The number of fused-ring (bicyclic) bond motifs is 1. The lowest BCUT2D eigenvalue weighted by atomic mass is 10.1. The number of aryl methyl sites for hydroxylation is 1. The Kier molecular flexibility index (Phi) is 4.95.